The zero-order chi connectivity index (χ0) is 21.3. The number of hydrogen-bond acceptors (Lipinski definition) is 3. The Labute approximate surface area is 174 Å². The maximum atomic E-state index is 14.3. The maximum absolute atomic E-state index is 14.3. The van der Waals surface area contributed by atoms with Crippen LogP contribution in [0.2, 0.25) is 0 Å². The summed E-state index contributed by atoms with van der Waals surface area (Å²) in [5.74, 6) is -1.19. The van der Waals surface area contributed by atoms with Gasteiger partial charge < -0.3 is 4.90 Å². The molecule has 0 aromatic heterocycles. The predicted molar refractivity (Wildman–Crippen MR) is 109 cm³/mol. The van der Waals surface area contributed by atoms with E-state index in [1.807, 2.05) is 0 Å². The molecule has 4 rings (SSSR count). The number of carbonyl (C=O) groups is 2. The lowest BCUT2D eigenvalue weighted by molar-refractivity contribution is -0.144. The molecule has 2 amide bonds. The van der Waals surface area contributed by atoms with Crippen LogP contribution < -0.4 is 0 Å². The van der Waals surface area contributed by atoms with Crippen LogP contribution in [0.3, 0.4) is 0 Å². The van der Waals surface area contributed by atoms with Gasteiger partial charge in [-0.05, 0) is 36.6 Å². The number of amides is 2. The Morgan fingerprint density at radius 2 is 1.80 bits per heavy atom. The van der Waals surface area contributed by atoms with Crippen LogP contribution in [0, 0.1) is 17.6 Å². The lowest BCUT2D eigenvalue weighted by Crippen LogP contribution is -2.42. The molecule has 1 fully saturated rings. The van der Waals surface area contributed by atoms with Crippen molar-refractivity contribution < 1.29 is 18.4 Å². The van der Waals surface area contributed by atoms with Crippen molar-refractivity contribution in [2.24, 2.45) is 11.0 Å². The van der Waals surface area contributed by atoms with Gasteiger partial charge in [0.2, 0.25) is 5.91 Å². The third-order valence-corrected chi connectivity index (χ3v) is 5.81. The van der Waals surface area contributed by atoms with E-state index in [4.69, 9.17) is 0 Å². The molecule has 1 saturated carbocycles. The van der Waals surface area contributed by atoms with Crippen molar-refractivity contribution in [2.75, 3.05) is 13.6 Å². The highest BCUT2D eigenvalue weighted by Crippen LogP contribution is 2.34. The van der Waals surface area contributed by atoms with Crippen LogP contribution in [0.1, 0.15) is 42.9 Å². The topological polar surface area (TPSA) is 53.0 Å². The molecule has 0 N–H and O–H groups in total. The summed E-state index contributed by atoms with van der Waals surface area (Å²) in [6, 6.07) is 11.6. The molecule has 1 atom stereocenters. The Morgan fingerprint density at radius 3 is 2.43 bits per heavy atom. The molecule has 0 spiro atoms. The van der Waals surface area contributed by atoms with Gasteiger partial charge in [0, 0.05) is 24.9 Å². The summed E-state index contributed by atoms with van der Waals surface area (Å²) in [6.45, 7) is -0.110. The molecular formula is C23H23F2N3O2. The summed E-state index contributed by atoms with van der Waals surface area (Å²) in [4.78, 5) is 26.9. The van der Waals surface area contributed by atoms with E-state index in [2.05, 4.69) is 5.10 Å². The van der Waals surface area contributed by atoms with Gasteiger partial charge in [0.25, 0.3) is 5.91 Å². The predicted octanol–water partition coefficient (Wildman–Crippen LogP) is 3.90. The van der Waals surface area contributed by atoms with Crippen molar-refractivity contribution in [3.05, 3.63) is 71.3 Å². The summed E-state index contributed by atoms with van der Waals surface area (Å²) < 4.78 is 27.7. The SMILES string of the molecule is CN(CC(=O)N1N=C(c2ccccc2F)C[C@@H]1c1ccc(F)cc1)C(=O)C1CCC1. The molecule has 156 valence electrons. The van der Waals surface area contributed by atoms with Crippen LogP contribution in [0.15, 0.2) is 53.6 Å². The second kappa shape index (κ2) is 8.34. The Hall–Kier alpha value is -3.09. The lowest BCUT2D eigenvalue weighted by Gasteiger charge is -2.30. The van der Waals surface area contributed by atoms with E-state index in [9.17, 15) is 18.4 Å². The number of likely N-dealkylation sites (N-methyl/N-ethyl adjacent to an activating group) is 1. The van der Waals surface area contributed by atoms with Gasteiger partial charge >= 0.3 is 0 Å². The van der Waals surface area contributed by atoms with E-state index in [1.54, 1.807) is 37.4 Å². The molecule has 1 heterocycles. The molecule has 2 aromatic rings. The van der Waals surface area contributed by atoms with Crippen LogP contribution in [0.4, 0.5) is 8.78 Å². The van der Waals surface area contributed by atoms with Gasteiger partial charge in [-0.15, -0.1) is 0 Å². The van der Waals surface area contributed by atoms with Gasteiger partial charge in [-0.2, -0.15) is 5.10 Å². The average molecular weight is 411 g/mol. The Balaban J connectivity index is 1.59. The second-order valence-corrected chi connectivity index (χ2v) is 7.86. The Morgan fingerprint density at radius 1 is 1.10 bits per heavy atom. The van der Waals surface area contributed by atoms with Crippen molar-refractivity contribution in [1.29, 1.82) is 0 Å². The number of nitrogens with zero attached hydrogens (tertiary/aromatic N) is 3. The quantitative estimate of drug-likeness (QED) is 0.749. The summed E-state index contributed by atoms with van der Waals surface area (Å²) >= 11 is 0. The van der Waals surface area contributed by atoms with E-state index >= 15 is 0 Å². The smallest absolute Gasteiger partial charge is 0.262 e. The molecule has 1 aliphatic heterocycles. The minimum atomic E-state index is -0.486. The summed E-state index contributed by atoms with van der Waals surface area (Å²) in [5.41, 5.74) is 1.48. The highest BCUT2D eigenvalue weighted by molar-refractivity contribution is 6.03. The first-order valence-corrected chi connectivity index (χ1v) is 10.1. The molecule has 7 heteroatoms. The fourth-order valence-electron chi connectivity index (χ4n) is 3.86. The Bertz CT molecular complexity index is 986. The van der Waals surface area contributed by atoms with Gasteiger partial charge in [-0.3, -0.25) is 9.59 Å². The fraction of sp³-hybridized carbons (Fsp3) is 0.348. The van der Waals surface area contributed by atoms with Gasteiger partial charge in [0.1, 0.15) is 18.2 Å². The van der Waals surface area contributed by atoms with Gasteiger partial charge in [-0.1, -0.05) is 36.8 Å². The van der Waals surface area contributed by atoms with Gasteiger partial charge in [-0.25, -0.2) is 13.8 Å². The number of benzene rings is 2. The van der Waals surface area contributed by atoms with E-state index < -0.39 is 11.9 Å². The molecule has 0 unspecified atom stereocenters. The van der Waals surface area contributed by atoms with Crippen LogP contribution >= 0.6 is 0 Å². The first kappa shape index (κ1) is 20.2. The first-order valence-electron chi connectivity index (χ1n) is 10.1. The molecule has 2 aliphatic rings. The van der Waals surface area contributed by atoms with E-state index in [0.717, 1.165) is 19.3 Å². The van der Waals surface area contributed by atoms with Crippen LogP contribution in [-0.2, 0) is 9.59 Å². The Kier molecular flexibility index (Phi) is 5.61. The third-order valence-electron chi connectivity index (χ3n) is 5.81. The molecule has 0 radical (unpaired) electrons. The fourth-order valence-corrected chi connectivity index (χ4v) is 3.86. The first-order chi connectivity index (χ1) is 14.4. The van der Waals surface area contributed by atoms with Crippen molar-refractivity contribution in [3.63, 3.8) is 0 Å². The number of halogens is 2. The standard InChI is InChI=1S/C23H23F2N3O2/c1-27(23(30)16-5-4-6-16)14-22(29)28-21(15-9-11-17(24)12-10-15)13-20(26-28)18-7-2-3-8-19(18)25/h2-3,7-12,16,21H,4-6,13-14H2,1H3/t21-/m1/s1. The normalized spacial score (nSPS) is 18.7. The maximum Gasteiger partial charge on any atom is 0.262 e. The highest BCUT2D eigenvalue weighted by Gasteiger charge is 2.35. The number of hydrogen-bond donors (Lipinski definition) is 0. The summed E-state index contributed by atoms with van der Waals surface area (Å²) in [7, 11) is 1.61. The number of rotatable bonds is 5. The van der Waals surface area contributed by atoms with Gasteiger partial charge in [0.05, 0.1) is 11.8 Å². The van der Waals surface area contributed by atoms with E-state index in [-0.39, 0.29) is 30.1 Å². The summed E-state index contributed by atoms with van der Waals surface area (Å²) in [5, 5.41) is 5.72. The molecule has 1 aliphatic carbocycles. The van der Waals surface area contributed by atoms with Crippen molar-refractivity contribution in [1.82, 2.24) is 9.91 Å². The molecule has 5 nitrogen and oxygen atoms in total. The third kappa shape index (κ3) is 3.97. The van der Waals surface area contributed by atoms with Crippen LogP contribution in [-0.4, -0.2) is 41.0 Å². The van der Waals surface area contributed by atoms with Crippen molar-refractivity contribution in [2.45, 2.75) is 31.7 Å². The minimum Gasteiger partial charge on any atom is -0.336 e. The molecular weight excluding hydrogens is 388 g/mol. The average Bonchev–Trinajstić information content (AvgIpc) is 3.12. The van der Waals surface area contributed by atoms with E-state index in [1.165, 1.54) is 28.1 Å². The lowest BCUT2D eigenvalue weighted by atomic mass is 9.84. The number of carbonyl (C=O) groups excluding carboxylic acids is 2. The van der Waals surface area contributed by atoms with Crippen LogP contribution in [0.5, 0.6) is 0 Å². The molecule has 2 aromatic carbocycles. The molecule has 0 bridgehead atoms. The zero-order valence-electron chi connectivity index (χ0n) is 16.7. The second-order valence-electron chi connectivity index (χ2n) is 7.86. The summed E-state index contributed by atoms with van der Waals surface area (Å²) in [6.07, 6.45) is 3.05. The number of hydrazone groups is 1. The molecule has 0 saturated heterocycles. The largest absolute Gasteiger partial charge is 0.336 e. The zero-order valence-corrected chi connectivity index (χ0v) is 16.7. The van der Waals surface area contributed by atoms with Crippen molar-refractivity contribution >= 4 is 17.5 Å². The molecule has 30 heavy (non-hydrogen) atoms. The van der Waals surface area contributed by atoms with Crippen molar-refractivity contribution in [3.8, 4) is 0 Å². The van der Waals surface area contributed by atoms with Gasteiger partial charge in [0.15, 0.2) is 0 Å². The van der Waals surface area contributed by atoms with Crippen LogP contribution in [0.25, 0.3) is 0 Å². The minimum absolute atomic E-state index is 0.00764. The monoisotopic (exact) mass is 411 g/mol. The van der Waals surface area contributed by atoms with E-state index in [0.29, 0.717) is 23.3 Å². The highest BCUT2D eigenvalue weighted by atomic mass is 19.1.